The largest absolute Gasteiger partial charge is 0.420 e. The molecule has 0 atom stereocenters. The number of hydrogen-bond acceptors (Lipinski definition) is 6. The van der Waals surface area contributed by atoms with Crippen LogP contribution >= 0.6 is 0 Å². The molecule has 6 nitrogen and oxygen atoms in total. The first kappa shape index (κ1) is 18.1. The Morgan fingerprint density at radius 3 is 2.73 bits per heavy atom. The van der Waals surface area contributed by atoms with Crippen molar-refractivity contribution in [2.75, 3.05) is 44.7 Å². The predicted molar refractivity (Wildman–Crippen MR) is 96.9 cm³/mol. The number of halogens is 1. The van der Waals surface area contributed by atoms with Crippen LogP contribution in [-0.4, -0.2) is 49.3 Å². The number of anilines is 1. The number of morpholine rings is 1. The van der Waals surface area contributed by atoms with E-state index >= 15 is 0 Å². The Kier molecular flexibility index (Phi) is 6.36. The Bertz CT molecular complexity index is 774. The monoisotopic (exact) mass is 356 g/mol. The third kappa shape index (κ3) is 5.15. The van der Waals surface area contributed by atoms with Crippen LogP contribution in [0, 0.1) is 17.1 Å². The van der Waals surface area contributed by atoms with E-state index in [1.165, 1.54) is 12.1 Å². The summed E-state index contributed by atoms with van der Waals surface area (Å²) in [5.41, 5.74) is 1.05. The third-order valence-corrected chi connectivity index (χ3v) is 4.08. The Labute approximate surface area is 151 Å². The molecule has 0 amide bonds. The maximum atomic E-state index is 12.9. The summed E-state index contributed by atoms with van der Waals surface area (Å²) >= 11 is 0. The standard InChI is InChI=1S/C19H21FN4O2/c20-16-5-2-15(3-6-16)4-7-18-23-17(14-21)19(26-18)22-8-1-9-24-10-12-25-13-11-24/h2-7,22H,1,8-13H2. The van der Waals surface area contributed by atoms with E-state index in [0.29, 0.717) is 18.3 Å². The van der Waals surface area contributed by atoms with Crippen molar-refractivity contribution in [1.82, 2.24) is 9.88 Å². The molecule has 2 aromatic rings. The summed E-state index contributed by atoms with van der Waals surface area (Å²) in [5.74, 6) is 0.434. The summed E-state index contributed by atoms with van der Waals surface area (Å²) in [6.45, 7) is 5.18. The van der Waals surface area contributed by atoms with E-state index in [1.807, 2.05) is 6.07 Å². The first-order valence-electron chi connectivity index (χ1n) is 8.63. The zero-order valence-electron chi connectivity index (χ0n) is 14.4. The van der Waals surface area contributed by atoms with Gasteiger partial charge in [0.1, 0.15) is 11.9 Å². The first-order valence-corrected chi connectivity index (χ1v) is 8.63. The average Bonchev–Trinajstić information content (AvgIpc) is 3.08. The molecule has 1 N–H and O–H groups in total. The van der Waals surface area contributed by atoms with Gasteiger partial charge in [-0.15, -0.1) is 0 Å². The van der Waals surface area contributed by atoms with Crippen molar-refractivity contribution in [3.05, 3.63) is 47.2 Å². The molecular formula is C19H21FN4O2. The molecule has 0 radical (unpaired) electrons. The van der Waals surface area contributed by atoms with E-state index in [9.17, 15) is 9.65 Å². The minimum Gasteiger partial charge on any atom is -0.420 e. The molecule has 0 aliphatic carbocycles. The van der Waals surface area contributed by atoms with Crippen molar-refractivity contribution >= 4 is 18.0 Å². The number of rotatable bonds is 7. The smallest absolute Gasteiger partial charge is 0.232 e. The number of nitrogens with one attached hydrogen (secondary N) is 1. The lowest BCUT2D eigenvalue weighted by Gasteiger charge is -2.26. The zero-order chi connectivity index (χ0) is 18.2. The van der Waals surface area contributed by atoms with Crippen LogP contribution in [0.3, 0.4) is 0 Å². The van der Waals surface area contributed by atoms with Crippen molar-refractivity contribution in [1.29, 1.82) is 5.26 Å². The zero-order valence-corrected chi connectivity index (χ0v) is 14.4. The van der Waals surface area contributed by atoms with Crippen LogP contribution in [0.15, 0.2) is 28.7 Å². The van der Waals surface area contributed by atoms with Gasteiger partial charge in [0, 0.05) is 25.7 Å². The van der Waals surface area contributed by atoms with Crippen LogP contribution in [-0.2, 0) is 4.74 Å². The summed E-state index contributed by atoms with van der Waals surface area (Å²) < 4.78 is 23.8. The molecule has 136 valence electrons. The Balaban J connectivity index is 1.52. The fourth-order valence-corrected chi connectivity index (χ4v) is 2.67. The average molecular weight is 356 g/mol. The number of aromatic nitrogens is 1. The Hall–Kier alpha value is -2.69. The van der Waals surface area contributed by atoms with Crippen molar-refractivity contribution < 1.29 is 13.5 Å². The predicted octanol–water partition coefficient (Wildman–Crippen LogP) is 2.99. The van der Waals surface area contributed by atoms with Gasteiger partial charge in [-0.1, -0.05) is 12.1 Å². The normalized spacial score (nSPS) is 15.2. The molecule has 1 fully saturated rings. The van der Waals surface area contributed by atoms with E-state index < -0.39 is 0 Å². The van der Waals surface area contributed by atoms with Crippen LogP contribution in [0.25, 0.3) is 12.2 Å². The van der Waals surface area contributed by atoms with E-state index in [2.05, 4.69) is 15.2 Å². The number of ether oxygens (including phenoxy) is 1. The number of benzene rings is 1. The first-order chi connectivity index (χ1) is 12.7. The number of nitrogens with zero attached hydrogens (tertiary/aromatic N) is 3. The molecule has 0 bridgehead atoms. The lowest BCUT2D eigenvalue weighted by molar-refractivity contribution is 0.0378. The summed E-state index contributed by atoms with van der Waals surface area (Å²) in [5, 5.41) is 12.3. The van der Waals surface area contributed by atoms with Crippen molar-refractivity contribution in [2.45, 2.75) is 6.42 Å². The Morgan fingerprint density at radius 1 is 1.23 bits per heavy atom. The molecule has 0 spiro atoms. The molecule has 0 saturated carbocycles. The van der Waals surface area contributed by atoms with Gasteiger partial charge in [-0.2, -0.15) is 10.2 Å². The van der Waals surface area contributed by atoms with Crippen molar-refractivity contribution in [3.8, 4) is 6.07 Å². The lowest BCUT2D eigenvalue weighted by atomic mass is 10.2. The van der Waals surface area contributed by atoms with Crippen LogP contribution in [0.2, 0.25) is 0 Å². The quantitative estimate of drug-likeness (QED) is 0.769. The van der Waals surface area contributed by atoms with E-state index in [1.54, 1.807) is 24.3 Å². The summed E-state index contributed by atoms with van der Waals surface area (Å²) in [6.07, 6.45) is 4.36. The third-order valence-electron chi connectivity index (χ3n) is 4.08. The lowest BCUT2D eigenvalue weighted by Crippen LogP contribution is -2.37. The highest BCUT2D eigenvalue weighted by Gasteiger charge is 2.12. The fourth-order valence-electron chi connectivity index (χ4n) is 2.67. The minimum atomic E-state index is -0.284. The molecule has 1 aliphatic heterocycles. The van der Waals surface area contributed by atoms with E-state index in [-0.39, 0.29) is 11.5 Å². The van der Waals surface area contributed by atoms with Crippen molar-refractivity contribution in [3.63, 3.8) is 0 Å². The molecule has 2 heterocycles. The van der Waals surface area contributed by atoms with E-state index in [4.69, 9.17) is 9.15 Å². The van der Waals surface area contributed by atoms with Crippen LogP contribution in [0.4, 0.5) is 10.3 Å². The highest BCUT2D eigenvalue weighted by molar-refractivity contribution is 5.67. The van der Waals surface area contributed by atoms with Gasteiger partial charge in [0.15, 0.2) is 0 Å². The second-order valence-corrected chi connectivity index (χ2v) is 5.96. The molecule has 0 unspecified atom stereocenters. The highest BCUT2D eigenvalue weighted by atomic mass is 19.1. The second-order valence-electron chi connectivity index (χ2n) is 5.96. The van der Waals surface area contributed by atoms with Gasteiger partial charge in [-0.3, -0.25) is 4.90 Å². The number of hydrogen-bond donors (Lipinski definition) is 1. The molecule has 26 heavy (non-hydrogen) atoms. The van der Waals surface area contributed by atoms with Gasteiger partial charge in [-0.05, 0) is 36.7 Å². The van der Waals surface area contributed by atoms with Gasteiger partial charge >= 0.3 is 0 Å². The van der Waals surface area contributed by atoms with Gasteiger partial charge in [0.05, 0.1) is 13.2 Å². The fraction of sp³-hybridized carbons (Fsp3) is 0.368. The van der Waals surface area contributed by atoms with Gasteiger partial charge in [0.2, 0.25) is 17.5 Å². The van der Waals surface area contributed by atoms with Crippen molar-refractivity contribution in [2.24, 2.45) is 0 Å². The molecule has 1 aromatic heterocycles. The maximum Gasteiger partial charge on any atom is 0.232 e. The van der Waals surface area contributed by atoms with Gasteiger partial charge in [0.25, 0.3) is 0 Å². The number of oxazole rings is 1. The van der Waals surface area contributed by atoms with Crippen LogP contribution < -0.4 is 5.32 Å². The topological polar surface area (TPSA) is 74.3 Å². The molecule has 1 saturated heterocycles. The van der Waals surface area contributed by atoms with E-state index in [0.717, 1.165) is 44.8 Å². The van der Waals surface area contributed by atoms with Crippen LogP contribution in [0.1, 0.15) is 23.6 Å². The number of nitriles is 1. The van der Waals surface area contributed by atoms with Gasteiger partial charge in [-0.25, -0.2) is 4.39 Å². The SMILES string of the molecule is N#Cc1nc(C=Cc2ccc(F)cc2)oc1NCCCN1CCOCC1. The van der Waals surface area contributed by atoms with Gasteiger partial charge < -0.3 is 14.5 Å². The summed E-state index contributed by atoms with van der Waals surface area (Å²) in [7, 11) is 0. The Morgan fingerprint density at radius 2 is 2.00 bits per heavy atom. The maximum absolute atomic E-state index is 12.9. The highest BCUT2D eigenvalue weighted by Crippen LogP contribution is 2.18. The second kappa shape index (κ2) is 9.13. The summed E-state index contributed by atoms with van der Waals surface area (Å²) in [4.78, 5) is 6.51. The van der Waals surface area contributed by atoms with Crippen LogP contribution in [0.5, 0.6) is 0 Å². The summed E-state index contributed by atoms with van der Waals surface area (Å²) in [6, 6.07) is 8.12. The minimum absolute atomic E-state index is 0.232. The molecule has 7 heteroatoms. The molecular weight excluding hydrogens is 335 g/mol. The molecule has 1 aliphatic rings. The molecule has 3 rings (SSSR count). The molecule has 1 aromatic carbocycles.